The minimum Gasteiger partial charge on any atom is -0.465 e. The SMILES string of the molecule is C=CCC(NC(=O)O)c1cc(-c2ccc(C#N)cc2N)ccn1. The number of carboxylic acid groups (broad SMARTS) is 1. The lowest BCUT2D eigenvalue weighted by Gasteiger charge is -2.16. The van der Waals surface area contributed by atoms with Crippen LogP contribution in [0.15, 0.2) is 49.2 Å². The van der Waals surface area contributed by atoms with Crippen LogP contribution in [-0.4, -0.2) is 16.2 Å². The molecule has 1 aromatic carbocycles. The molecule has 0 fully saturated rings. The lowest BCUT2D eigenvalue weighted by molar-refractivity contribution is 0.189. The quantitative estimate of drug-likeness (QED) is 0.580. The molecule has 1 aromatic heterocycles. The van der Waals surface area contributed by atoms with E-state index in [-0.39, 0.29) is 0 Å². The first-order chi connectivity index (χ1) is 11.0. The van der Waals surface area contributed by atoms with Crippen molar-refractivity contribution < 1.29 is 9.90 Å². The number of hydrogen-bond donors (Lipinski definition) is 3. The standard InChI is InChI=1S/C17H16N4O2/c1-2-3-15(21-17(22)23)16-9-12(6-7-20-16)13-5-4-11(10-18)8-14(13)19/h2,4-9,15,21H,1,3,19H2,(H,22,23). The van der Waals surface area contributed by atoms with Crippen molar-refractivity contribution in [3.8, 4) is 17.2 Å². The Balaban J connectivity index is 2.41. The normalized spacial score (nSPS) is 11.3. The number of pyridine rings is 1. The summed E-state index contributed by atoms with van der Waals surface area (Å²) in [6.07, 6.45) is 2.53. The van der Waals surface area contributed by atoms with Gasteiger partial charge in [0.2, 0.25) is 0 Å². The highest BCUT2D eigenvalue weighted by Gasteiger charge is 2.15. The summed E-state index contributed by atoms with van der Waals surface area (Å²) >= 11 is 0. The molecule has 116 valence electrons. The van der Waals surface area contributed by atoms with Gasteiger partial charge < -0.3 is 16.2 Å². The van der Waals surface area contributed by atoms with Crippen LogP contribution >= 0.6 is 0 Å². The van der Waals surface area contributed by atoms with E-state index in [1.807, 2.05) is 6.07 Å². The first-order valence-electron chi connectivity index (χ1n) is 6.91. The van der Waals surface area contributed by atoms with E-state index in [0.717, 1.165) is 11.1 Å². The van der Waals surface area contributed by atoms with E-state index in [0.29, 0.717) is 23.4 Å². The molecule has 4 N–H and O–H groups in total. The average molecular weight is 308 g/mol. The second-order valence-electron chi connectivity index (χ2n) is 4.91. The fourth-order valence-electron chi connectivity index (χ4n) is 2.27. The zero-order valence-electron chi connectivity index (χ0n) is 12.4. The molecule has 0 bridgehead atoms. The van der Waals surface area contributed by atoms with Crippen molar-refractivity contribution in [2.75, 3.05) is 5.73 Å². The summed E-state index contributed by atoms with van der Waals surface area (Å²) < 4.78 is 0. The Morgan fingerprint density at radius 1 is 1.48 bits per heavy atom. The molecular weight excluding hydrogens is 292 g/mol. The van der Waals surface area contributed by atoms with Gasteiger partial charge in [0.25, 0.3) is 0 Å². The molecule has 0 saturated carbocycles. The Kier molecular flexibility index (Phi) is 4.95. The van der Waals surface area contributed by atoms with Gasteiger partial charge in [0.15, 0.2) is 0 Å². The Morgan fingerprint density at radius 2 is 2.26 bits per heavy atom. The zero-order valence-corrected chi connectivity index (χ0v) is 12.4. The Labute approximate surface area is 133 Å². The molecule has 0 radical (unpaired) electrons. The van der Waals surface area contributed by atoms with Gasteiger partial charge in [0, 0.05) is 17.4 Å². The number of anilines is 1. The van der Waals surface area contributed by atoms with Crippen molar-refractivity contribution in [1.29, 1.82) is 5.26 Å². The van der Waals surface area contributed by atoms with Gasteiger partial charge in [-0.15, -0.1) is 6.58 Å². The summed E-state index contributed by atoms with van der Waals surface area (Å²) in [7, 11) is 0. The third-order valence-corrected chi connectivity index (χ3v) is 3.33. The molecule has 0 aliphatic rings. The maximum atomic E-state index is 10.9. The molecule has 0 saturated heterocycles. The van der Waals surface area contributed by atoms with Crippen LogP contribution in [-0.2, 0) is 0 Å². The second-order valence-corrected chi connectivity index (χ2v) is 4.91. The van der Waals surface area contributed by atoms with E-state index in [1.165, 1.54) is 0 Å². The molecule has 1 atom stereocenters. The summed E-state index contributed by atoms with van der Waals surface area (Å²) in [6, 6.07) is 10.2. The molecule has 2 aromatic rings. The summed E-state index contributed by atoms with van der Waals surface area (Å²) in [6.45, 7) is 3.64. The number of benzene rings is 1. The molecule has 2 rings (SSSR count). The third kappa shape index (κ3) is 3.86. The van der Waals surface area contributed by atoms with Crippen LogP contribution in [0.1, 0.15) is 23.7 Å². The van der Waals surface area contributed by atoms with Crippen molar-refractivity contribution in [2.45, 2.75) is 12.5 Å². The minimum atomic E-state index is -1.12. The van der Waals surface area contributed by atoms with E-state index < -0.39 is 12.1 Å². The number of nitrogens with zero attached hydrogens (tertiary/aromatic N) is 2. The Bertz CT molecular complexity index is 780. The molecule has 0 aliphatic carbocycles. The molecule has 6 nitrogen and oxygen atoms in total. The number of amides is 1. The van der Waals surface area contributed by atoms with Gasteiger partial charge in [0.05, 0.1) is 23.4 Å². The highest BCUT2D eigenvalue weighted by molar-refractivity contribution is 5.77. The van der Waals surface area contributed by atoms with Crippen molar-refractivity contribution >= 4 is 11.8 Å². The molecule has 6 heteroatoms. The topological polar surface area (TPSA) is 112 Å². The van der Waals surface area contributed by atoms with Crippen molar-refractivity contribution in [3.63, 3.8) is 0 Å². The monoisotopic (exact) mass is 308 g/mol. The van der Waals surface area contributed by atoms with Crippen molar-refractivity contribution in [3.05, 3.63) is 60.4 Å². The average Bonchev–Trinajstić information content (AvgIpc) is 2.54. The maximum Gasteiger partial charge on any atom is 0.405 e. The number of nitrogens with one attached hydrogen (secondary N) is 1. The van der Waals surface area contributed by atoms with Crippen LogP contribution in [0.3, 0.4) is 0 Å². The number of nitrogen functional groups attached to an aromatic ring is 1. The van der Waals surface area contributed by atoms with Gasteiger partial charge in [-0.3, -0.25) is 4.98 Å². The lowest BCUT2D eigenvalue weighted by atomic mass is 10.00. The van der Waals surface area contributed by atoms with E-state index in [4.69, 9.17) is 16.1 Å². The molecule has 1 unspecified atom stereocenters. The lowest BCUT2D eigenvalue weighted by Crippen LogP contribution is -2.27. The van der Waals surface area contributed by atoms with Gasteiger partial charge in [-0.2, -0.15) is 5.26 Å². The van der Waals surface area contributed by atoms with Gasteiger partial charge in [0.1, 0.15) is 0 Å². The summed E-state index contributed by atoms with van der Waals surface area (Å²) in [4.78, 5) is 15.1. The molecular formula is C17H16N4O2. The van der Waals surface area contributed by atoms with Crippen LogP contribution in [0.2, 0.25) is 0 Å². The highest BCUT2D eigenvalue weighted by atomic mass is 16.4. The number of aromatic nitrogens is 1. The van der Waals surface area contributed by atoms with Crippen LogP contribution in [0.25, 0.3) is 11.1 Å². The van der Waals surface area contributed by atoms with E-state index in [9.17, 15) is 4.79 Å². The van der Waals surface area contributed by atoms with Crippen molar-refractivity contribution in [1.82, 2.24) is 10.3 Å². The Hall–Kier alpha value is -3.33. The first-order valence-corrected chi connectivity index (χ1v) is 6.91. The highest BCUT2D eigenvalue weighted by Crippen LogP contribution is 2.28. The smallest absolute Gasteiger partial charge is 0.405 e. The number of rotatable bonds is 5. The molecule has 1 heterocycles. The number of carbonyl (C=O) groups is 1. The van der Waals surface area contributed by atoms with Crippen LogP contribution in [0.5, 0.6) is 0 Å². The molecule has 23 heavy (non-hydrogen) atoms. The number of nitrogens with two attached hydrogens (primary N) is 1. The predicted octanol–water partition coefficient (Wildman–Crippen LogP) is 3.09. The summed E-state index contributed by atoms with van der Waals surface area (Å²) in [5, 5.41) is 20.2. The zero-order chi connectivity index (χ0) is 16.8. The largest absolute Gasteiger partial charge is 0.465 e. The van der Waals surface area contributed by atoms with E-state index in [1.54, 1.807) is 42.6 Å². The Morgan fingerprint density at radius 3 is 2.87 bits per heavy atom. The number of nitriles is 1. The van der Waals surface area contributed by atoms with Crippen molar-refractivity contribution in [2.24, 2.45) is 0 Å². The second kappa shape index (κ2) is 7.09. The van der Waals surface area contributed by atoms with Gasteiger partial charge in [-0.25, -0.2) is 4.79 Å². The third-order valence-electron chi connectivity index (χ3n) is 3.33. The maximum absolute atomic E-state index is 10.9. The summed E-state index contributed by atoms with van der Waals surface area (Å²) in [5.41, 5.74) is 9.11. The van der Waals surface area contributed by atoms with Gasteiger partial charge >= 0.3 is 6.09 Å². The van der Waals surface area contributed by atoms with Crippen LogP contribution in [0, 0.1) is 11.3 Å². The van der Waals surface area contributed by atoms with Gasteiger partial charge in [-0.1, -0.05) is 12.1 Å². The van der Waals surface area contributed by atoms with Crippen LogP contribution < -0.4 is 11.1 Å². The fraction of sp³-hybridized carbons (Fsp3) is 0.118. The number of hydrogen-bond acceptors (Lipinski definition) is 4. The van der Waals surface area contributed by atoms with E-state index >= 15 is 0 Å². The van der Waals surface area contributed by atoms with E-state index in [2.05, 4.69) is 16.9 Å². The van der Waals surface area contributed by atoms with Gasteiger partial charge in [-0.05, 0) is 36.2 Å². The predicted molar refractivity (Wildman–Crippen MR) is 87.5 cm³/mol. The minimum absolute atomic E-state index is 0.422. The summed E-state index contributed by atoms with van der Waals surface area (Å²) in [5.74, 6) is 0. The molecule has 0 spiro atoms. The first kappa shape index (κ1) is 16.0. The molecule has 0 aliphatic heterocycles. The van der Waals surface area contributed by atoms with Crippen LogP contribution in [0.4, 0.5) is 10.5 Å². The fourth-order valence-corrected chi connectivity index (χ4v) is 2.27. The molecule has 1 amide bonds.